The summed E-state index contributed by atoms with van der Waals surface area (Å²) in [5.41, 5.74) is 3.41. The normalized spacial score (nSPS) is 27.4. The number of ether oxygens (including phenoxy) is 2. The Morgan fingerprint density at radius 3 is 2.48 bits per heavy atom. The van der Waals surface area contributed by atoms with E-state index in [1.165, 1.54) is 7.11 Å². The quantitative estimate of drug-likeness (QED) is 0.173. The molecule has 0 radical (unpaired) electrons. The van der Waals surface area contributed by atoms with Gasteiger partial charge in [0.25, 0.3) is 0 Å². The molecule has 1 fully saturated rings. The number of aliphatic hydroxyl groups excluding tert-OH is 1. The van der Waals surface area contributed by atoms with Gasteiger partial charge >= 0.3 is 23.5 Å². The second-order valence-corrected chi connectivity index (χ2v) is 10.9. The molecule has 5 unspecified atom stereocenters. The molecule has 0 bridgehead atoms. The highest BCUT2D eigenvalue weighted by atomic mass is 31.3. The first-order chi connectivity index (χ1) is 15.1. The van der Waals surface area contributed by atoms with Gasteiger partial charge in [0.15, 0.2) is 16.9 Å². The van der Waals surface area contributed by atoms with Gasteiger partial charge in [-0.2, -0.15) is 18.6 Å². The molecule has 0 amide bonds. The van der Waals surface area contributed by atoms with Gasteiger partial charge in [0, 0.05) is 0 Å². The van der Waals surface area contributed by atoms with Crippen LogP contribution in [0.3, 0.4) is 0 Å². The number of nitrogen functional groups attached to an aromatic ring is 1. The zero-order valence-corrected chi connectivity index (χ0v) is 19.0. The van der Waals surface area contributed by atoms with E-state index < -0.39 is 54.6 Å². The molecule has 5 atom stereocenters. The van der Waals surface area contributed by atoms with Crippen molar-refractivity contribution in [1.29, 1.82) is 0 Å². The second kappa shape index (κ2) is 8.90. The molecule has 22 heteroatoms. The number of phosphoric ester groups is 1. The summed E-state index contributed by atoms with van der Waals surface area (Å²) in [5, 5.41) is 21.5. The molecular weight excluding hydrogens is 519 g/mol. The molecule has 1 aliphatic rings. The minimum atomic E-state index is -5.72. The third-order valence-corrected chi connectivity index (χ3v) is 7.95. The number of aromatic nitrogens is 4. The van der Waals surface area contributed by atoms with Crippen LogP contribution in [0.15, 0.2) is 6.33 Å². The van der Waals surface area contributed by atoms with Crippen LogP contribution < -0.4 is 10.5 Å². The fraction of sp³-hybridized carbons (Fsp3) is 0.545. The maximum Gasteiger partial charge on any atom is 0.490 e. The Bertz CT molecular complexity index is 1180. The number of fused-ring (bicyclic) bond motifs is 1. The number of rotatable bonds is 9. The third kappa shape index (κ3) is 5.75. The van der Waals surface area contributed by atoms with Crippen molar-refractivity contribution in [3.63, 3.8) is 0 Å². The first kappa shape index (κ1) is 26.1. The van der Waals surface area contributed by atoms with Crippen molar-refractivity contribution in [1.82, 2.24) is 19.5 Å². The van der Waals surface area contributed by atoms with Gasteiger partial charge < -0.3 is 45.0 Å². The summed E-state index contributed by atoms with van der Waals surface area (Å²) in [5.74, 6) is -0.250. The van der Waals surface area contributed by atoms with E-state index in [2.05, 4.69) is 28.1 Å². The Kier molecular flexibility index (Phi) is 7.03. The maximum absolute atomic E-state index is 11.8. The predicted molar refractivity (Wildman–Crippen MR) is 102 cm³/mol. The number of methoxy groups -OCH3 is 1. The summed E-state index contributed by atoms with van der Waals surface area (Å²) >= 11 is 0. The molecule has 0 spiro atoms. The summed E-state index contributed by atoms with van der Waals surface area (Å²) in [4.78, 5) is 47.4. The van der Waals surface area contributed by atoms with Crippen molar-refractivity contribution in [3.8, 4) is 5.88 Å². The lowest BCUT2D eigenvalue weighted by Crippen LogP contribution is -2.47. The maximum atomic E-state index is 11.8. The Balaban J connectivity index is 1.75. The Labute approximate surface area is 183 Å². The van der Waals surface area contributed by atoms with Crippen molar-refractivity contribution in [2.75, 3.05) is 26.1 Å². The van der Waals surface area contributed by atoms with Crippen molar-refractivity contribution >= 4 is 40.6 Å². The fourth-order valence-electron chi connectivity index (χ4n) is 2.84. The highest BCUT2D eigenvalue weighted by Crippen LogP contribution is 2.66. The average Bonchev–Trinajstić information content (AvgIpc) is 3.19. The van der Waals surface area contributed by atoms with Crippen LogP contribution in [0, 0.1) is 0 Å². The highest BCUT2D eigenvalue weighted by Gasteiger charge is 2.51. The third-order valence-electron chi connectivity index (χ3n) is 4.15. The van der Waals surface area contributed by atoms with Gasteiger partial charge in [-0.05, 0) is 0 Å². The molecule has 8 N–H and O–H groups in total. The van der Waals surface area contributed by atoms with Crippen LogP contribution in [-0.4, -0.2) is 81.8 Å². The Morgan fingerprint density at radius 1 is 1.21 bits per heavy atom. The molecule has 33 heavy (non-hydrogen) atoms. The number of nitrogens with zero attached hydrogens (tertiary/aromatic N) is 4. The summed E-state index contributed by atoms with van der Waals surface area (Å²) in [6.07, 6.45) is -2.26. The molecule has 1 aliphatic heterocycles. The summed E-state index contributed by atoms with van der Waals surface area (Å²) in [6, 6.07) is 0. The van der Waals surface area contributed by atoms with Crippen molar-refractivity contribution < 1.29 is 66.1 Å². The number of hydrogen-bond acceptors (Lipinski definition) is 14. The zero-order chi connectivity index (χ0) is 24.8. The smallest absolute Gasteiger partial charge is 0.479 e. The number of aliphatic hydroxyl groups is 2. The predicted octanol–water partition coefficient (Wildman–Crippen LogP) is -1.83. The van der Waals surface area contributed by atoms with E-state index in [9.17, 15) is 28.8 Å². The van der Waals surface area contributed by atoms with E-state index >= 15 is 0 Å². The van der Waals surface area contributed by atoms with Gasteiger partial charge in [0.1, 0.15) is 12.2 Å². The van der Waals surface area contributed by atoms with Gasteiger partial charge in [-0.1, -0.05) is 0 Å². The summed E-state index contributed by atoms with van der Waals surface area (Å²) in [7, 11) is -15.5. The number of hydrogen-bond donors (Lipinski definition) is 7. The summed E-state index contributed by atoms with van der Waals surface area (Å²) in [6.45, 7) is -1.59. The zero-order valence-electron chi connectivity index (χ0n) is 16.3. The van der Waals surface area contributed by atoms with Crippen LogP contribution in [0.4, 0.5) is 5.95 Å². The topological polar surface area (TPSA) is 288 Å². The molecule has 1 saturated heterocycles. The molecule has 186 valence electrons. The number of nitrogens with two attached hydrogens (primary N) is 1. The first-order valence-electron chi connectivity index (χ1n) is 8.42. The highest BCUT2D eigenvalue weighted by molar-refractivity contribution is 7.66. The molecule has 2 aromatic rings. The molecule has 3 heterocycles. The standard InChI is InChI=1S/C11H18N5O14P3/c1-26-9-6-8(14-10(12)15-9)16(4-13-6)11(18)3-27-5(7(11)17)2-28-32(22,23)30-33(24,25)29-31(19,20)21/h4-5,7,17-18H,2-3H2,1H3,(H,22,23)(H,24,25)(H2,12,14,15)(H2,19,20,21). The van der Waals surface area contributed by atoms with E-state index in [1.54, 1.807) is 0 Å². The van der Waals surface area contributed by atoms with Gasteiger partial charge in [-0.25, -0.2) is 18.7 Å². The van der Waals surface area contributed by atoms with E-state index in [0.717, 1.165) is 10.9 Å². The molecule has 0 aromatic carbocycles. The van der Waals surface area contributed by atoms with E-state index in [0.29, 0.717) is 0 Å². The molecule has 3 rings (SSSR count). The molecule has 2 aromatic heterocycles. The number of anilines is 1. The van der Waals surface area contributed by atoms with Crippen LogP contribution >= 0.6 is 23.5 Å². The van der Waals surface area contributed by atoms with Crippen LogP contribution in [0.1, 0.15) is 0 Å². The van der Waals surface area contributed by atoms with Crippen molar-refractivity contribution in [3.05, 3.63) is 6.33 Å². The molecule has 0 aliphatic carbocycles. The Morgan fingerprint density at radius 2 is 1.88 bits per heavy atom. The molecule has 19 nitrogen and oxygen atoms in total. The SMILES string of the molecule is COc1nc(N)nc2c1ncn2C1(O)COC(COP(=O)(O)OP(=O)(O)OP(=O)(O)O)C1O. The second-order valence-electron chi connectivity index (χ2n) is 6.44. The van der Waals surface area contributed by atoms with E-state index in [-0.39, 0.29) is 23.0 Å². The van der Waals surface area contributed by atoms with E-state index in [4.69, 9.17) is 29.9 Å². The lowest BCUT2D eigenvalue weighted by molar-refractivity contribution is -0.109. The molecular formula is C11H18N5O14P3. The lowest BCUT2D eigenvalue weighted by atomic mass is 10.1. The first-order valence-corrected chi connectivity index (χ1v) is 12.9. The van der Waals surface area contributed by atoms with Crippen LogP contribution in [-0.2, 0) is 37.3 Å². The van der Waals surface area contributed by atoms with Crippen LogP contribution in [0.5, 0.6) is 5.88 Å². The van der Waals surface area contributed by atoms with Gasteiger partial charge in [0.05, 0.1) is 26.7 Å². The fourth-order valence-corrected chi connectivity index (χ4v) is 5.87. The van der Waals surface area contributed by atoms with Gasteiger partial charge in [-0.15, -0.1) is 0 Å². The lowest BCUT2D eigenvalue weighted by Gasteiger charge is -2.28. The van der Waals surface area contributed by atoms with Gasteiger partial charge in [0.2, 0.25) is 11.8 Å². The Hall–Kier alpha value is -1.56. The number of imidazole rings is 1. The average molecular weight is 537 g/mol. The largest absolute Gasteiger partial charge is 0.490 e. The van der Waals surface area contributed by atoms with E-state index in [1.807, 2.05) is 0 Å². The van der Waals surface area contributed by atoms with Gasteiger partial charge in [-0.3, -0.25) is 9.09 Å². The minimum absolute atomic E-state index is 0.0162. The van der Waals surface area contributed by atoms with Crippen LogP contribution in [0.2, 0.25) is 0 Å². The van der Waals surface area contributed by atoms with Crippen LogP contribution in [0.25, 0.3) is 11.2 Å². The van der Waals surface area contributed by atoms with Crippen molar-refractivity contribution in [2.45, 2.75) is 17.9 Å². The summed E-state index contributed by atoms with van der Waals surface area (Å²) < 4.78 is 56.6. The minimum Gasteiger partial charge on any atom is -0.479 e. The molecule has 0 saturated carbocycles. The monoisotopic (exact) mass is 537 g/mol. The number of phosphoric acid groups is 3. The van der Waals surface area contributed by atoms with Crippen molar-refractivity contribution in [2.24, 2.45) is 0 Å².